The molecule has 0 atom stereocenters. The van der Waals surface area contributed by atoms with Crippen LogP contribution in [0, 0.1) is 6.08 Å². The average molecular weight is 277 g/mol. The predicted molar refractivity (Wildman–Crippen MR) is 62.9 cm³/mol. The van der Waals surface area contributed by atoms with E-state index in [0.29, 0.717) is 10.6 Å². The third-order valence-corrected chi connectivity index (χ3v) is 2.31. The molecule has 1 rings (SSSR count). The molecule has 0 bridgehead atoms. The maximum atomic E-state index is 12.2. The molecule has 0 saturated carbocycles. The van der Waals surface area contributed by atoms with Crippen molar-refractivity contribution in [2.24, 2.45) is 0 Å². The Bertz CT molecular complexity index is 463. The van der Waals surface area contributed by atoms with Gasteiger partial charge in [0.2, 0.25) is 0 Å². The fraction of sp³-hybridized carbons (Fsp3) is 0.250. The van der Waals surface area contributed by atoms with Crippen LogP contribution in [0.1, 0.15) is 5.56 Å². The Kier molecular flexibility index (Phi) is 4.40. The number of benzene rings is 1. The first-order valence-electron chi connectivity index (χ1n) is 4.90. The highest BCUT2D eigenvalue weighted by Crippen LogP contribution is 2.22. The van der Waals surface area contributed by atoms with Crippen molar-refractivity contribution in [3.63, 3.8) is 0 Å². The van der Waals surface area contributed by atoms with Crippen molar-refractivity contribution in [3.8, 4) is 0 Å². The van der Waals surface area contributed by atoms with Crippen molar-refractivity contribution < 1.29 is 18.0 Å². The topological polar surface area (TPSA) is 20.3 Å². The Morgan fingerprint density at radius 3 is 2.11 bits per heavy atom. The van der Waals surface area contributed by atoms with Crippen LogP contribution in [0.25, 0.3) is 5.70 Å². The van der Waals surface area contributed by atoms with Crippen LogP contribution in [0.4, 0.5) is 13.2 Å². The summed E-state index contributed by atoms with van der Waals surface area (Å²) < 4.78 is 36.6. The number of halogens is 4. The minimum atomic E-state index is -4.92. The van der Waals surface area contributed by atoms with E-state index in [9.17, 15) is 18.0 Å². The average Bonchev–Trinajstić information content (AvgIpc) is 2.25. The summed E-state index contributed by atoms with van der Waals surface area (Å²) in [6.07, 6.45) is -3.10. The molecule has 0 N–H and O–H groups in total. The number of nitrogens with zero attached hydrogens (tertiary/aromatic N) is 1. The zero-order valence-corrected chi connectivity index (χ0v) is 10.4. The fourth-order valence-electron chi connectivity index (χ4n) is 1.23. The number of Topliss-reactive ketones (excluding diaryl/α,β-unsaturated/α-hetero) is 1. The summed E-state index contributed by atoms with van der Waals surface area (Å²) in [4.78, 5) is 12.3. The van der Waals surface area contributed by atoms with Crippen molar-refractivity contribution >= 4 is 23.1 Å². The van der Waals surface area contributed by atoms with Gasteiger partial charge in [-0.25, -0.2) is 0 Å². The van der Waals surface area contributed by atoms with Crippen molar-refractivity contribution in [2.75, 3.05) is 14.1 Å². The zero-order chi connectivity index (χ0) is 13.9. The molecule has 1 aromatic carbocycles. The van der Waals surface area contributed by atoms with E-state index in [1.54, 1.807) is 0 Å². The van der Waals surface area contributed by atoms with Crippen molar-refractivity contribution in [2.45, 2.75) is 6.18 Å². The summed E-state index contributed by atoms with van der Waals surface area (Å²) in [6.45, 7) is 0. The summed E-state index contributed by atoms with van der Waals surface area (Å²) in [6, 6.07) is 6.10. The van der Waals surface area contributed by atoms with Gasteiger partial charge in [0.25, 0.3) is 5.78 Å². The van der Waals surface area contributed by atoms with Gasteiger partial charge in [-0.05, 0) is 17.7 Å². The van der Waals surface area contributed by atoms with Crippen LogP contribution in [0.5, 0.6) is 0 Å². The largest absolute Gasteiger partial charge is 0.454 e. The number of carbonyl (C=O) groups excluding carboxylic acids is 1. The first-order valence-corrected chi connectivity index (χ1v) is 5.28. The molecule has 0 fully saturated rings. The van der Waals surface area contributed by atoms with E-state index >= 15 is 0 Å². The Labute approximate surface area is 108 Å². The molecule has 1 radical (unpaired) electrons. The molecule has 18 heavy (non-hydrogen) atoms. The first kappa shape index (κ1) is 14.6. The molecule has 6 heteroatoms. The standard InChI is InChI=1S/C12H10ClF3NO/c1-17(2)10(7-11(18)12(14,15)16)8-3-5-9(13)6-4-8/h3-6H,1-2H3. The van der Waals surface area contributed by atoms with E-state index in [0.717, 1.165) is 0 Å². The monoisotopic (exact) mass is 276 g/mol. The molecule has 0 heterocycles. The molecule has 0 aromatic heterocycles. The highest BCUT2D eigenvalue weighted by atomic mass is 35.5. The van der Waals surface area contributed by atoms with E-state index in [1.807, 2.05) is 6.08 Å². The number of rotatable bonds is 3. The van der Waals surface area contributed by atoms with Crippen LogP contribution in [0.3, 0.4) is 0 Å². The zero-order valence-electron chi connectivity index (χ0n) is 9.68. The number of hydrogen-bond acceptors (Lipinski definition) is 2. The second kappa shape index (κ2) is 5.44. The van der Waals surface area contributed by atoms with Crippen molar-refractivity contribution in [1.82, 2.24) is 4.90 Å². The molecular weight excluding hydrogens is 267 g/mol. The number of hydrogen-bond donors (Lipinski definition) is 0. The van der Waals surface area contributed by atoms with E-state index in [1.165, 1.54) is 43.3 Å². The maximum Gasteiger partial charge on any atom is 0.454 e. The quantitative estimate of drug-likeness (QED) is 0.791. The van der Waals surface area contributed by atoms with Gasteiger partial charge in [-0.1, -0.05) is 23.7 Å². The van der Waals surface area contributed by atoms with E-state index in [-0.39, 0.29) is 5.70 Å². The second-order valence-electron chi connectivity index (χ2n) is 3.70. The molecule has 1 aromatic rings. The van der Waals surface area contributed by atoms with Gasteiger partial charge in [0, 0.05) is 19.1 Å². The van der Waals surface area contributed by atoms with Gasteiger partial charge in [-0.15, -0.1) is 0 Å². The summed E-state index contributed by atoms with van der Waals surface area (Å²) in [5, 5.41) is 0.457. The lowest BCUT2D eigenvalue weighted by Crippen LogP contribution is -2.23. The summed E-state index contributed by atoms with van der Waals surface area (Å²) >= 11 is 5.68. The Balaban J connectivity index is 3.15. The SMILES string of the molecule is CN(C)/C(=[C]\C(=O)C(F)(F)F)c1ccc(Cl)cc1. The molecule has 0 aliphatic rings. The minimum Gasteiger partial charge on any atom is -0.377 e. The smallest absolute Gasteiger partial charge is 0.377 e. The van der Waals surface area contributed by atoms with Gasteiger partial charge in [0.15, 0.2) is 0 Å². The Morgan fingerprint density at radius 1 is 1.22 bits per heavy atom. The van der Waals surface area contributed by atoms with Gasteiger partial charge < -0.3 is 4.90 Å². The van der Waals surface area contributed by atoms with E-state index in [2.05, 4.69) is 0 Å². The molecule has 0 saturated heterocycles. The summed E-state index contributed by atoms with van der Waals surface area (Å²) in [5.74, 6) is -2.01. The van der Waals surface area contributed by atoms with Crippen LogP contribution < -0.4 is 0 Å². The number of ketones is 1. The maximum absolute atomic E-state index is 12.2. The van der Waals surface area contributed by atoms with Gasteiger partial charge >= 0.3 is 6.18 Å². The highest BCUT2D eigenvalue weighted by molar-refractivity contribution is 6.30. The molecule has 0 amide bonds. The van der Waals surface area contributed by atoms with Crippen molar-refractivity contribution in [1.29, 1.82) is 0 Å². The highest BCUT2D eigenvalue weighted by Gasteiger charge is 2.37. The Hall–Kier alpha value is -1.49. The van der Waals surface area contributed by atoms with Crippen LogP contribution in [0.2, 0.25) is 5.02 Å². The molecule has 0 aliphatic carbocycles. The molecule has 0 unspecified atom stereocenters. The lowest BCUT2D eigenvalue weighted by atomic mass is 10.1. The number of alkyl halides is 3. The summed E-state index contributed by atoms with van der Waals surface area (Å²) in [5.41, 5.74) is 0.482. The van der Waals surface area contributed by atoms with Gasteiger partial charge in [0.05, 0.1) is 11.8 Å². The molecule has 0 spiro atoms. The Morgan fingerprint density at radius 2 is 1.72 bits per heavy atom. The van der Waals surface area contributed by atoms with Crippen LogP contribution in [-0.2, 0) is 4.79 Å². The van der Waals surface area contributed by atoms with E-state index in [4.69, 9.17) is 11.6 Å². The minimum absolute atomic E-state index is 0.0500. The van der Waals surface area contributed by atoms with Crippen LogP contribution in [0.15, 0.2) is 24.3 Å². The van der Waals surface area contributed by atoms with Gasteiger partial charge in [-0.3, -0.25) is 4.79 Å². The predicted octanol–water partition coefficient (Wildman–Crippen LogP) is 3.18. The van der Waals surface area contributed by atoms with E-state index < -0.39 is 12.0 Å². The summed E-state index contributed by atoms with van der Waals surface area (Å²) in [7, 11) is 3.06. The molecule has 0 aliphatic heterocycles. The van der Waals surface area contributed by atoms with Crippen LogP contribution >= 0.6 is 11.6 Å². The molecule has 97 valence electrons. The van der Waals surface area contributed by atoms with Crippen LogP contribution in [-0.4, -0.2) is 31.0 Å². The third-order valence-electron chi connectivity index (χ3n) is 2.05. The van der Waals surface area contributed by atoms with Crippen molar-refractivity contribution in [3.05, 3.63) is 40.9 Å². The molecule has 2 nitrogen and oxygen atoms in total. The molecular formula is C12H10ClF3NO. The number of allylic oxidation sites excluding steroid dienone is 1. The first-order chi connectivity index (χ1) is 8.21. The second-order valence-corrected chi connectivity index (χ2v) is 4.14. The fourth-order valence-corrected chi connectivity index (χ4v) is 1.35. The third kappa shape index (κ3) is 3.77. The number of carbonyl (C=O) groups is 1. The van der Waals surface area contributed by atoms with Gasteiger partial charge in [-0.2, -0.15) is 13.2 Å². The normalized spacial score (nSPS) is 12.4. The van der Waals surface area contributed by atoms with Gasteiger partial charge in [0.1, 0.15) is 0 Å². The lowest BCUT2D eigenvalue weighted by Gasteiger charge is -2.17. The lowest BCUT2D eigenvalue weighted by molar-refractivity contribution is -0.166.